The van der Waals surface area contributed by atoms with Crippen molar-refractivity contribution in [1.29, 1.82) is 0 Å². The Balaban J connectivity index is 2.09. The summed E-state index contributed by atoms with van der Waals surface area (Å²) in [6.45, 7) is 2.03. The summed E-state index contributed by atoms with van der Waals surface area (Å²) in [7, 11) is 1.84. The molecule has 0 amide bonds. The van der Waals surface area contributed by atoms with Gasteiger partial charge in [0.2, 0.25) is 0 Å². The minimum atomic E-state index is -0.690. The van der Waals surface area contributed by atoms with E-state index in [1.165, 1.54) is 6.07 Å². The van der Waals surface area contributed by atoms with Crippen molar-refractivity contribution in [2.45, 2.75) is 32.3 Å². The molecule has 5 heteroatoms. The number of aryl methyl sites for hydroxylation is 2. The van der Waals surface area contributed by atoms with E-state index in [-0.39, 0.29) is 12.2 Å². The maximum Gasteiger partial charge on any atom is 0.127 e. The molecular weight excluding hydrogens is 279 g/mol. The van der Waals surface area contributed by atoms with Crippen molar-refractivity contribution >= 4 is 11.6 Å². The summed E-state index contributed by atoms with van der Waals surface area (Å²) >= 11 is 5.97. The lowest BCUT2D eigenvalue weighted by molar-refractivity contribution is 0.171. The van der Waals surface area contributed by atoms with Crippen LogP contribution in [0.3, 0.4) is 0 Å². The third kappa shape index (κ3) is 3.38. The molecule has 1 unspecified atom stereocenters. The summed E-state index contributed by atoms with van der Waals surface area (Å²) in [5.74, 6) is -0.379. The Labute approximate surface area is 123 Å². The number of rotatable bonds is 5. The van der Waals surface area contributed by atoms with E-state index in [2.05, 4.69) is 5.10 Å². The minimum absolute atomic E-state index is 0.193. The van der Waals surface area contributed by atoms with Gasteiger partial charge in [0.15, 0.2) is 0 Å². The topological polar surface area (TPSA) is 38.0 Å². The first-order valence-corrected chi connectivity index (χ1v) is 7.01. The van der Waals surface area contributed by atoms with Crippen LogP contribution in [0.5, 0.6) is 0 Å². The highest BCUT2D eigenvalue weighted by atomic mass is 35.5. The Morgan fingerprint density at radius 1 is 1.40 bits per heavy atom. The van der Waals surface area contributed by atoms with Gasteiger partial charge in [-0.15, -0.1) is 0 Å². The van der Waals surface area contributed by atoms with Crippen molar-refractivity contribution in [2.75, 3.05) is 0 Å². The summed E-state index contributed by atoms with van der Waals surface area (Å²) in [5.41, 5.74) is 2.28. The molecule has 2 aromatic rings. The van der Waals surface area contributed by atoms with Crippen molar-refractivity contribution in [3.8, 4) is 0 Å². The van der Waals surface area contributed by atoms with Crippen LogP contribution < -0.4 is 0 Å². The van der Waals surface area contributed by atoms with E-state index >= 15 is 0 Å². The van der Waals surface area contributed by atoms with Gasteiger partial charge in [0.25, 0.3) is 0 Å². The maximum atomic E-state index is 13.7. The molecule has 0 bridgehead atoms. The molecule has 0 aliphatic heterocycles. The first-order chi connectivity index (χ1) is 9.51. The lowest BCUT2D eigenvalue weighted by Crippen LogP contribution is -2.17. The van der Waals surface area contributed by atoms with Crippen LogP contribution in [-0.4, -0.2) is 21.0 Å². The third-order valence-corrected chi connectivity index (χ3v) is 3.69. The quantitative estimate of drug-likeness (QED) is 0.921. The van der Waals surface area contributed by atoms with Gasteiger partial charge in [-0.2, -0.15) is 5.10 Å². The van der Waals surface area contributed by atoms with Crippen LogP contribution in [0.2, 0.25) is 5.02 Å². The van der Waals surface area contributed by atoms with Gasteiger partial charge in [-0.3, -0.25) is 4.68 Å². The molecule has 108 valence electrons. The van der Waals surface area contributed by atoms with Crippen LogP contribution in [0.15, 0.2) is 24.3 Å². The minimum Gasteiger partial charge on any atom is -0.392 e. The average Bonchev–Trinajstić information content (AvgIpc) is 2.75. The molecule has 1 N–H and O–H groups in total. The van der Waals surface area contributed by atoms with Gasteiger partial charge in [0, 0.05) is 36.2 Å². The molecule has 0 saturated heterocycles. The number of aliphatic hydroxyl groups excluding tert-OH is 1. The number of aliphatic hydroxyl groups is 1. The van der Waals surface area contributed by atoms with Crippen molar-refractivity contribution < 1.29 is 9.50 Å². The lowest BCUT2D eigenvalue weighted by Gasteiger charge is -2.12. The number of hydrogen-bond donors (Lipinski definition) is 1. The van der Waals surface area contributed by atoms with Crippen LogP contribution >= 0.6 is 11.6 Å². The molecule has 20 heavy (non-hydrogen) atoms. The van der Waals surface area contributed by atoms with Gasteiger partial charge in [-0.1, -0.05) is 24.6 Å². The van der Waals surface area contributed by atoms with Gasteiger partial charge in [-0.25, -0.2) is 4.39 Å². The zero-order valence-electron chi connectivity index (χ0n) is 11.6. The van der Waals surface area contributed by atoms with E-state index < -0.39 is 6.10 Å². The fraction of sp³-hybridized carbons (Fsp3) is 0.400. The van der Waals surface area contributed by atoms with Gasteiger partial charge < -0.3 is 5.11 Å². The molecule has 0 fully saturated rings. The molecule has 0 aliphatic rings. The van der Waals surface area contributed by atoms with E-state index in [1.54, 1.807) is 16.8 Å². The van der Waals surface area contributed by atoms with Crippen LogP contribution in [0.4, 0.5) is 4.39 Å². The van der Waals surface area contributed by atoms with Crippen molar-refractivity contribution in [2.24, 2.45) is 7.05 Å². The highest BCUT2D eigenvalue weighted by Gasteiger charge is 2.15. The lowest BCUT2D eigenvalue weighted by atomic mass is 10.0. The number of aromatic nitrogens is 2. The molecule has 3 nitrogen and oxygen atoms in total. The second-order valence-electron chi connectivity index (χ2n) is 4.87. The summed E-state index contributed by atoms with van der Waals surface area (Å²) in [6.07, 6.45) is 0.777. The van der Waals surface area contributed by atoms with Crippen molar-refractivity contribution in [3.05, 3.63) is 52.1 Å². The molecule has 2 rings (SSSR count). The van der Waals surface area contributed by atoms with E-state index in [0.29, 0.717) is 17.0 Å². The fourth-order valence-electron chi connectivity index (χ4n) is 2.21. The molecule has 1 aromatic carbocycles. The van der Waals surface area contributed by atoms with E-state index in [9.17, 15) is 9.50 Å². The number of nitrogens with zero attached hydrogens (tertiary/aromatic N) is 2. The molecule has 0 radical (unpaired) electrons. The van der Waals surface area contributed by atoms with Crippen LogP contribution in [0.1, 0.15) is 23.9 Å². The van der Waals surface area contributed by atoms with Gasteiger partial charge >= 0.3 is 0 Å². The predicted octanol–water partition coefficient (Wildman–Crippen LogP) is 2.92. The van der Waals surface area contributed by atoms with E-state index in [1.807, 2.05) is 20.0 Å². The zero-order valence-corrected chi connectivity index (χ0v) is 12.4. The Kier molecular flexibility index (Phi) is 4.78. The number of hydrogen-bond acceptors (Lipinski definition) is 2. The standard InChI is InChI=1S/C15H18ClFN2O/c1-3-10-7-11(19(2)18-10)8-12(20)9-13-14(16)5-4-6-15(13)17/h4-7,12,20H,3,8-9H2,1-2H3. The van der Waals surface area contributed by atoms with Gasteiger partial charge in [0.1, 0.15) is 5.82 Å². The predicted molar refractivity (Wildman–Crippen MR) is 77.4 cm³/mol. The molecule has 0 spiro atoms. The normalized spacial score (nSPS) is 12.7. The number of benzene rings is 1. The second-order valence-corrected chi connectivity index (χ2v) is 5.27. The first-order valence-electron chi connectivity index (χ1n) is 6.64. The molecule has 1 heterocycles. The Morgan fingerprint density at radius 3 is 2.75 bits per heavy atom. The summed E-state index contributed by atoms with van der Waals surface area (Å²) in [6, 6.07) is 6.51. The number of halogens is 2. The smallest absolute Gasteiger partial charge is 0.127 e. The van der Waals surface area contributed by atoms with Crippen molar-refractivity contribution in [3.63, 3.8) is 0 Å². The van der Waals surface area contributed by atoms with Gasteiger partial charge in [-0.05, 0) is 24.6 Å². The molecule has 1 atom stereocenters. The molecular formula is C15H18ClFN2O. The summed E-state index contributed by atoms with van der Waals surface area (Å²) in [4.78, 5) is 0. The monoisotopic (exact) mass is 296 g/mol. The molecule has 0 aliphatic carbocycles. The average molecular weight is 297 g/mol. The zero-order chi connectivity index (χ0) is 14.7. The fourth-order valence-corrected chi connectivity index (χ4v) is 2.45. The second kappa shape index (κ2) is 6.37. The third-order valence-electron chi connectivity index (χ3n) is 3.34. The SMILES string of the molecule is CCc1cc(CC(O)Cc2c(F)cccc2Cl)n(C)n1. The van der Waals surface area contributed by atoms with Crippen LogP contribution in [0, 0.1) is 5.82 Å². The van der Waals surface area contributed by atoms with Crippen LogP contribution in [0.25, 0.3) is 0 Å². The highest BCUT2D eigenvalue weighted by molar-refractivity contribution is 6.31. The first kappa shape index (κ1) is 15.0. The Bertz CT molecular complexity index is 577. The van der Waals surface area contributed by atoms with E-state index in [0.717, 1.165) is 17.8 Å². The summed E-state index contributed by atoms with van der Waals surface area (Å²) in [5, 5.41) is 14.8. The maximum absolute atomic E-state index is 13.7. The van der Waals surface area contributed by atoms with Crippen molar-refractivity contribution in [1.82, 2.24) is 9.78 Å². The molecule has 0 saturated carbocycles. The Morgan fingerprint density at radius 2 is 2.15 bits per heavy atom. The van der Waals surface area contributed by atoms with Crippen LogP contribution in [-0.2, 0) is 26.3 Å². The Hall–Kier alpha value is -1.39. The summed E-state index contributed by atoms with van der Waals surface area (Å²) < 4.78 is 15.4. The highest BCUT2D eigenvalue weighted by Crippen LogP contribution is 2.21. The largest absolute Gasteiger partial charge is 0.392 e. The van der Waals surface area contributed by atoms with Gasteiger partial charge in [0.05, 0.1) is 11.8 Å². The molecule has 1 aromatic heterocycles. The van der Waals surface area contributed by atoms with E-state index in [4.69, 9.17) is 11.6 Å².